The van der Waals surface area contributed by atoms with Gasteiger partial charge in [-0.15, -0.1) is 0 Å². The Morgan fingerprint density at radius 2 is 0.562 bits per heavy atom. The van der Waals surface area contributed by atoms with E-state index < -0.39 is 0 Å². The van der Waals surface area contributed by atoms with Crippen LogP contribution in [0.1, 0.15) is 0 Å². The average molecular weight is 616 g/mol. The molecule has 0 fully saturated rings. The molecular formula is C43H29N5. The highest BCUT2D eigenvalue weighted by molar-refractivity contribution is 5.87. The number of nitrogens with zero attached hydrogens (tertiary/aromatic N) is 5. The second-order valence-corrected chi connectivity index (χ2v) is 11.5. The number of rotatable bonds is 7. The molecule has 0 saturated carbocycles. The van der Waals surface area contributed by atoms with Crippen molar-refractivity contribution in [3.8, 4) is 78.4 Å². The summed E-state index contributed by atoms with van der Waals surface area (Å²) >= 11 is 0. The third-order valence-electron chi connectivity index (χ3n) is 8.30. The summed E-state index contributed by atoms with van der Waals surface area (Å²) in [5.41, 5.74) is 14.1. The largest absolute Gasteiger partial charge is 0.264 e. The molecule has 0 saturated heterocycles. The molecule has 0 aliphatic carbocycles. The summed E-state index contributed by atoms with van der Waals surface area (Å²) in [6.07, 6.45) is 11.0. The van der Waals surface area contributed by atoms with Crippen LogP contribution in [0.5, 0.6) is 0 Å². The van der Waals surface area contributed by atoms with Crippen molar-refractivity contribution in [1.29, 1.82) is 0 Å². The van der Waals surface area contributed by atoms with Crippen LogP contribution in [0.4, 0.5) is 0 Å². The van der Waals surface area contributed by atoms with E-state index in [1.54, 1.807) is 6.20 Å². The summed E-state index contributed by atoms with van der Waals surface area (Å²) in [5.74, 6) is 0. The summed E-state index contributed by atoms with van der Waals surface area (Å²) < 4.78 is 0. The molecule has 0 aliphatic heterocycles. The number of hydrogen-bond acceptors (Lipinski definition) is 5. The molecule has 3 aromatic carbocycles. The zero-order valence-electron chi connectivity index (χ0n) is 26.0. The van der Waals surface area contributed by atoms with Gasteiger partial charge in [-0.1, -0.05) is 30.3 Å². The Labute approximate surface area is 279 Å². The molecule has 0 bridgehead atoms. The molecule has 5 heterocycles. The molecule has 5 aromatic heterocycles. The normalized spacial score (nSPS) is 10.9. The molecule has 0 radical (unpaired) electrons. The van der Waals surface area contributed by atoms with Crippen LogP contribution in [0.3, 0.4) is 0 Å². The molecule has 8 aromatic rings. The van der Waals surface area contributed by atoms with Crippen molar-refractivity contribution in [3.63, 3.8) is 0 Å². The van der Waals surface area contributed by atoms with Gasteiger partial charge in [0.25, 0.3) is 0 Å². The van der Waals surface area contributed by atoms with Crippen molar-refractivity contribution in [3.05, 3.63) is 177 Å². The highest BCUT2D eigenvalue weighted by Gasteiger charge is 2.14. The van der Waals surface area contributed by atoms with Gasteiger partial charge in [-0.25, -0.2) is 0 Å². The SMILES string of the molecule is c1ccc(-c2cc(-c3cc(-c4cccnc4)cc(-c4cc(-c5ccccn5)cc(-c5ccccn5)c4)c3)cc(-c3ccccn3)c2)nc1. The summed E-state index contributed by atoms with van der Waals surface area (Å²) in [6, 6.07) is 48.0. The average Bonchev–Trinajstić information content (AvgIpc) is 3.19. The van der Waals surface area contributed by atoms with Gasteiger partial charge in [0.1, 0.15) is 0 Å². The second kappa shape index (κ2) is 13.0. The number of pyridine rings is 5. The van der Waals surface area contributed by atoms with Crippen LogP contribution in [0.15, 0.2) is 177 Å². The van der Waals surface area contributed by atoms with Gasteiger partial charge >= 0.3 is 0 Å². The number of benzene rings is 3. The Bertz CT molecular complexity index is 2050. The third kappa shape index (κ3) is 6.13. The third-order valence-corrected chi connectivity index (χ3v) is 8.30. The Kier molecular flexibility index (Phi) is 7.83. The van der Waals surface area contributed by atoms with Crippen LogP contribution in [0.25, 0.3) is 78.4 Å². The Balaban J connectivity index is 1.36. The van der Waals surface area contributed by atoms with Crippen LogP contribution < -0.4 is 0 Å². The molecule has 0 aliphatic rings. The highest BCUT2D eigenvalue weighted by atomic mass is 14.7. The van der Waals surface area contributed by atoms with Crippen molar-refractivity contribution >= 4 is 0 Å². The van der Waals surface area contributed by atoms with Crippen LogP contribution in [-0.4, -0.2) is 24.9 Å². The molecule has 5 heteroatoms. The van der Waals surface area contributed by atoms with Crippen molar-refractivity contribution < 1.29 is 0 Å². The number of hydrogen-bond donors (Lipinski definition) is 0. The lowest BCUT2D eigenvalue weighted by Gasteiger charge is -2.15. The molecule has 0 spiro atoms. The maximum atomic E-state index is 4.69. The fourth-order valence-electron chi connectivity index (χ4n) is 5.98. The van der Waals surface area contributed by atoms with E-state index >= 15 is 0 Å². The van der Waals surface area contributed by atoms with Gasteiger partial charge in [-0.2, -0.15) is 0 Å². The molecule has 226 valence electrons. The molecule has 0 N–H and O–H groups in total. The standard InChI is InChI=1S/C43H29N5/c1-5-16-45-40(11-1)36-23-34(24-37(27-36)41-12-2-6-17-46-41)32-20-31(30-10-9-15-44-29-30)21-33(22-32)35-25-38(42-13-3-7-18-47-42)28-39(26-35)43-14-4-8-19-48-43/h1-29H. The molecule has 0 unspecified atom stereocenters. The minimum absolute atomic E-state index is 0.906. The quantitative estimate of drug-likeness (QED) is 0.178. The van der Waals surface area contributed by atoms with Crippen molar-refractivity contribution in [2.75, 3.05) is 0 Å². The van der Waals surface area contributed by atoms with Gasteiger partial charge in [0.2, 0.25) is 0 Å². The smallest absolute Gasteiger partial charge is 0.0702 e. The van der Waals surface area contributed by atoms with Crippen molar-refractivity contribution in [1.82, 2.24) is 24.9 Å². The molecular weight excluding hydrogens is 587 g/mol. The first-order valence-electron chi connectivity index (χ1n) is 15.8. The predicted molar refractivity (Wildman–Crippen MR) is 193 cm³/mol. The summed E-state index contributed by atoms with van der Waals surface area (Å²) in [4.78, 5) is 23.2. The van der Waals surface area contributed by atoms with E-state index in [0.717, 1.165) is 78.4 Å². The van der Waals surface area contributed by atoms with E-state index in [9.17, 15) is 0 Å². The van der Waals surface area contributed by atoms with E-state index in [4.69, 9.17) is 0 Å². The fraction of sp³-hybridized carbons (Fsp3) is 0. The van der Waals surface area contributed by atoms with E-state index in [0.29, 0.717) is 0 Å². The first-order valence-corrected chi connectivity index (χ1v) is 15.8. The van der Waals surface area contributed by atoms with E-state index in [-0.39, 0.29) is 0 Å². The van der Waals surface area contributed by atoms with Gasteiger partial charge in [-0.3, -0.25) is 24.9 Å². The summed E-state index contributed by atoms with van der Waals surface area (Å²) in [5, 5.41) is 0. The van der Waals surface area contributed by atoms with Gasteiger partial charge < -0.3 is 0 Å². The molecule has 5 nitrogen and oxygen atoms in total. The lowest BCUT2D eigenvalue weighted by molar-refractivity contribution is 1.31. The highest BCUT2D eigenvalue weighted by Crippen LogP contribution is 2.38. The fourth-order valence-corrected chi connectivity index (χ4v) is 5.98. The summed E-state index contributed by atoms with van der Waals surface area (Å²) in [6.45, 7) is 0. The zero-order chi connectivity index (χ0) is 32.1. The lowest BCUT2D eigenvalue weighted by atomic mass is 9.90. The Morgan fingerprint density at radius 1 is 0.250 bits per heavy atom. The van der Waals surface area contributed by atoms with Gasteiger partial charge in [0.15, 0.2) is 0 Å². The first-order chi connectivity index (χ1) is 23.8. The topological polar surface area (TPSA) is 64.5 Å². The molecule has 0 atom stereocenters. The monoisotopic (exact) mass is 615 g/mol. The van der Waals surface area contributed by atoms with Crippen LogP contribution in [0, 0.1) is 0 Å². The van der Waals surface area contributed by atoms with E-state index in [2.05, 4.69) is 85.6 Å². The van der Waals surface area contributed by atoms with Gasteiger partial charge in [-0.05, 0) is 137 Å². The van der Waals surface area contributed by atoms with Crippen molar-refractivity contribution in [2.24, 2.45) is 0 Å². The predicted octanol–water partition coefficient (Wildman–Crippen LogP) is 10.3. The first kappa shape index (κ1) is 28.9. The van der Waals surface area contributed by atoms with Gasteiger partial charge in [0, 0.05) is 65.0 Å². The van der Waals surface area contributed by atoms with E-state index in [1.165, 1.54) is 0 Å². The van der Waals surface area contributed by atoms with Gasteiger partial charge in [0.05, 0.1) is 22.8 Å². The minimum Gasteiger partial charge on any atom is -0.264 e. The second-order valence-electron chi connectivity index (χ2n) is 11.5. The molecule has 0 amide bonds. The van der Waals surface area contributed by atoms with Crippen LogP contribution in [0.2, 0.25) is 0 Å². The van der Waals surface area contributed by atoms with Crippen LogP contribution in [-0.2, 0) is 0 Å². The number of aromatic nitrogens is 5. The Morgan fingerprint density at radius 3 is 0.854 bits per heavy atom. The summed E-state index contributed by atoms with van der Waals surface area (Å²) in [7, 11) is 0. The molecule has 8 rings (SSSR count). The minimum atomic E-state index is 0.906. The Hall–Kier alpha value is -6.59. The maximum Gasteiger partial charge on any atom is 0.0702 e. The maximum absolute atomic E-state index is 4.69. The lowest BCUT2D eigenvalue weighted by Crippen LogP contribution is -1.92. The zero-order valence-corrected chi connectivity index (χ0v) is 26.0. The molecule has 48 heavy (non-hydrogen) atoms. The van der Waals surface area contributed by atoms with Crippen LogP contribution >= 0.6 is 0 Å². The van der Waals surface area contributed by atoms with Crippen molar-refractivity contribution in [2.45, 2.75) is 0 Å². The van der Waals surface area contributed by atoms with E-state index in [1.807, 2.05) is 110 Å².